The van der Waals surface area contributed by atoms with Gasteiger partial charge in [-0.3, -0.25) is 29.3 Å². The smallest absolute Gasteiger partial charge is 0.269 e. The highest BCUT2D eigenvalue weighted by Crippen LogP contribution is 2.13. The van der Waals surface area contributed by atoms with E-state index in [0.717, 1.165) is 5.56 Å². The molecular weight excluding hydrogens is 456 g/mol. The molecule has 0 fully saturated rings. The summed E-state index contributed by atoms with van der Waals surface area (Å²) in [5, 5.41) is 18.0. The van der Waals surface area contributed by atoms with Gasteiger partial charge < -0.3 is 27.4 Å². The number of carbonyl (C=O) groups is 4. The summed E-state index contributed by atoms with van der Waals surface area (Å²) in [6.45, 7) is 0.998. The number of non-ortho nitro benzene ring substituents is 1. The van der Waals surface area contributed by atoms with Crippen molar-refractivity contribution in [2.24, 2.45) is 11.5 Å². The van der Waals surface area contributed by atoms with E-state index in [1.807, 2.05) is 6.07 Å². The van der Waals surface area contributed by atoms with Crippen LogP contribution in [0.5, 0.6) is 0 Å². The Hall–Kier alpha value is -4.32. The number of rotatable bonds is 12. The van der Waals surface area contributed by atoms with Crippen molar-refractivity contribution in [3.8, 4) is 0 Å². The fourth-order valence-electron chi connectivity index (χ4n) is 3.12. The third kappa shape index (κ3) is 8.85. The molecule has 0 bridgehead atoms. The van der Waals surface area contributed by atoms with E-state index in [4.69, 9.17) is 11.5 Å². The number of nitrogens with zero attached hydrogens (tertiary/aromatic N) is 1. The third-order valence-corrected chi connectivity index (χ3v) is 5.08. The van der Waals surface area contributed by atoms with Crippen LogP contribution in [0.3, 0.4) is 0 Å². The second-order valence-corrected chi connectivity index (χ2v) is 7.89. The minimum Gasteiger partial charge on any atom is -0.368 e. The fourth-order valence-corrected chi connectivity index (χ4v) is 3.12. The van der Waals surface area contributed by atoms with Crippen LogP contribution in [0.1, 0.15) is 18.1 Å². The SMILES string of the molecule is C[C@@H](NC(=O)[C@@H](N)Cc1ccc([N+](=O)[O-])cc1)C(=O)NCC(=O)N[C@@H](Cc1ccccc1)C(N)=O. The van der Waals surface area contributed by atoms with Crippen molar-refractivity contribution in [3.63, 3.8) is 0 Å². The van der Waals surface area contributed by atoms with Crippen LogP contribution in [0.2, 0.25) is 0 Å². The Kier molecular flexibility index (Phi) is 9.84. The Bertz CT molecular complexity index is 1060. The van der Waals surface area contributed by atoms with E-state index in [-0.39, 0.29) is 18.5 Å². The second kappa shape index (κ2) is 12.8. The number of nitrogens with one attached hydrogen (secondary N) is 3. The van der Waals surface area contributed by atoms with E-state index in [1.165, 1.54) is 31.2 Å². The van der Waals surface area contributed by atoms with Crippen LogP contribution in [0.25, 0.3) is 0 Å². The van der Waals surface area contributed by atoms with Gasteiger partial charge in [-0.05, 0) is 24.5 Å². The average Bonchev–Trinajstić information content (AvgIpc) is 2.82. The Balaban J connectivity index is 1.79. The lowest BCUT2D eigenvalue weighted by Gasteiger charge is -2.18. The first-order valence-electron chi connectivity index (χ1n) is 10.8. The fraction of sp³-hybridized carbons (Fsp3) is 0.304. The summed E-state index contributed by atoms with van der Waals surface area (Å²) in [5.74, 6) is -2.57. The molecular formula is C23H28N6O6. The molecule has 35 heavy (non-hydrogen) atoms. The number of primary amides is 1. The molecule has 0 aromatic heterocycles. The lowest BCUT2D eigenvalue weighted by molar-refractivity contribution is -0.384. The van der Waals surface area contributed by atoms with Gasteiger partial charge in [0.15, 0.2) is 0 Å². The van der Waals surface area contributed by atoms with Crippen molar-refractivity contribution in [2.75, 3.05) is 6.54 Å². The van der Waals surface area contributed by atoms with Crippen LogP contribution >= 0.6 is 0 Å². The van der Waals surface area contributed by atoms with E-state index in [1.54, 1.807) is 24.3 Å². The topological polar surface area (TPSA) is 200 Å². The zero-order chi connectivity index (χ0) is 26.0. The quantitative estimate of drug-likeness (QED) is 0.194. The molecule has 0 spiro atoms. The number of benzene rings is 2. The maximum atomic E-state index is 12.3. The largest absolute Gasteiger partial charge is 0.368 e. The standard InChI is InChI=1S/C23H28N6O6/c1-14(27-23(33)18(24)11-16-7-9-17(10-8-16)29(34)35)22(32)26-13-20(30)28-19(21(25)31)12-15-5-3-2-4-6-15/h2-10,14,18-19H,11-13,24H2,1H3,(H2,25,31)(H,26,32)(H,27,33)(H,28,30)/t14-,18+,19+/m1/s1. The van der Waals surface area contributed by atoms with Gasteiger partial charge in [0, 0.05) is 18.6 Å². The molecule has 12 nitrogen and oxygen atoms in total. The first kappa shape index (κ1) is 26.9. The molecule has 0 saturated heterocycles. The molecule has 0 aliphatic heterocycles. The summed E-state index contributed by atoms with van der Waals surface area (Å²) >= 11 is 0. The van der Waals surface area contributed by atoms with Gasteiger partial charge in [-0.15, -0.1) is 0 Å². The summed E-state index contributed by atoms with van der Waals surface area (Å²) < 4.78 is 0. The van der Waals surface area contributed by atoms with E-state index in [0.29, 0.717) is 5.56 Å². The maximum Gasteiger partial charge on any atom is 0.269 e. The predicted molar refractivity (Wildman–Crippen MR) is 127 cm³/mol. The summed E-state index contributed by atoms with van der Waals surface area (Å²) in [6.07, 6.45) is 0.311. The van der Waals surface area contributed by atoms with Crippen molar-refractivity contribution >= 4 is 29.3 Å². The molecule has 2 aromatic rings. The predicted octanol–water partition coefficient (Wildman–Crippen LogP) is -0.702. The summed E-state index contributed by atoms with van der Waals surface area (Å²) in [4.78, 5) is 58.6. The minimum absolute atomic E-state index is 0.0803. The minimum atomic E-state index is -0.996. The second-order valence-electron chi connectivity index (χ2n) is 7.89. The van der Waals surface area contributed by atoms with E-state index in [9.17, 15) is 29.3 Å². The molecule has 2 aromatic carbocycles. The van der Waals surface area contributed by atoms with Crippen LogP contribution in [0.15, 0.2) is 54.6 Å². The van der Waals surface area contributed by atoms with Crippen LogP contribution < -0.4 is 27.4 Å². The van der Waals surface area contributed by atoms with Gasteiger partial charge >= 0.3 is 0 Å². The monoisotopic (exact) mass is 484 g/mol. The van der Waals surface area contributed by atoms with Crippen molar-refractivity contribution < 1.29 is 24.1 Å². The first-order chi connectivity index (χ1) is 16.6. The lowest BCUT2D eigenvalue weighted by Crippen LogP contribution is -2.53. The van der Waals surface area contributed by atoms with Crippen molar-refractivity contribution in [3.05, 3.63) is 75.8 Å². The van der Waals surface area contributed by atoms with Crippen LogP contribution in [0.4, 0.5) is 5.69 Å². The average molecular weight is 485 g/mol. The molecule has 7 N–H and O–H groups in total. The highest BCUT2D eigenvalue weighted by Gasteiger charge is 2.22. The Morgan fingerprint density at radius 1 is 0.914 bits per heavy atom. The molecule has 0 heterocycles. The number of hydrogen-bond acceptors (Lipinski definition) is 7. The van der Waals surface area contributed by atoms with Crippen LogP contribution in [-0.4, -0.2) is 53.2 Å². The molecule has 0 unspecified atom stereocenters. The van der Waals surface area contributed by atoms with Gasteiger partial charge in [0.25, 0.3) is 5.69 Å². The molecule has 0 saturated carbocycles. The number of amides is 4. The molecule has 4 amide bonds. The summed E-state index contributed by atoms with van der Waals surface area (Å²) in [6, 6.07) is 11.7. The summed E-state index contributed by atoms with van der Waals surface area (Å²) in [5.41, 5.74) is 12.6. The van der Waals surface area contributed by atoms with Crippen LogP contribution in [-0.2, 0) is 32.0 Å². The van der Waals surface area contributed by atoms with E-state index >= 15 is 0 Å². The van der Waals surface area contributed by atoms with Gasteiger partial charge in [0.05, 0.1) is 17.5 Å². The highest BCUT2D eigenvalue weighted by atomic mass is 16.6. The number of nitrogens with two attached hydrogens (primary N) is 2. The van der Waals surface area contributed by atoms with E-state index in [2.05, 4.69) is 16.0 Å². The zero-order valence-electron chi connectivity index (χ0n) is 19.1. The Labute approximate surface area is 201 Å². The lowest BCUT2D eigenvalue weighted by atomic mass is 10.1. The first-order valence-corrected chi connectivity index (χ1v) is 10.8. The van der Waals surface area contributed by atoms with Gasteiger partial charge in [-0.2, -0.15) is 0 Å². The third-order valence-electron chi connectivity index (χ3n) is 5.08. The molecule has 2 rings (SSSR count). The van der Waals surface area contributed by atoms with Gasteiger partial charge in [0.2, 0.25) is 23.6 Å². The summed E-state index contributed by atoms with van der Waals surface area (Å²) in [7, 11) is 0. The number of nitro benzene ring substituents is 1. The van der Waals surface area contributed by atoms with Crippen molar-refractivity contribution in [1.29, 1.82) is 0 Å². The Morgan fingerprint density at radius 2 is 1.51 bits per heavy atom. The molecule has 3 atom stereocenters. The number of hydrogen-bond donors (Lipinski definition) is 5. The van der Waals surface area contributed by atoms with Gasteiger partial charge in [-0.25, -0.2) is 0 Å². The molecule has 0 aliphatic carbocycles. The molecule has 0 aliphatic rings. The maximum absolute atomic E-state index is 12.3. The van der Waals surface area contributed by atoms with Crippen LogP contribution in [0, 0.1) is 10.1 Å². The Morgan fingerprint density at radius 3 is 2.09 bits per heavy atom. The highest BCUT2D eigenvalue weighted by molar-refractivity contribution is 5.92. The number of nitro groups is 1. The molecule has 12 heteroatoms. The molecule has 186 valence electrons. The normalized spacial score (nSPS) is 13.1. The molecule has 0 radical (unpaired) electrons. The number of carbonyl (C=O) groups excluding carboxylic acids is 4. The zero-order valence-corrected chi connectivity index (χ0v) is 19.1. The van der Waals surface area contributed by atoms with E-state index < -0.39 is 53.2 Å². The van der Waals surface area contributed by atoms with Crippen molar-refractivity contribution in [2.45, 2.75) is 37.9 Å². The van der Waals surface area contributed by atoms with Gasteiger partial charge in [-0.1, -0.05) is 42.5 Å². The van der Waals surface area contributed by atoms with Crippen molar-refractivity contribution in [1.82, 2.24) is 16.0 Å². The van der Waals surface area contributed by atoms with Gasteiger partial charge in [0.1, 0.15) is 12.1 Å².